The molecule has 7 heteroatoms. The number of aryl methyl sites for hydroxylation is 1. The van der Waals surface area contributed by atoms with Crippen LogP contribution >= 0.6 is 11.3 Å². The van der Waals surface area contributed by atoms with Gasteiger partial charge in [-0.1, -0.05) is 24.5 Å². The van der Waals surface area contributed by atoms with E-state index in [0.29, 0.717) is 24.1 Å². The Morgan fingerprint density at radius 2 is 2.11 bits per heavy atom. The molecule has 2 amide bonds. The van der Waals surface area contributed by atoms with E-state index in [4.69, 9.17) is 4.74 Å². The van der Waals surface area contributed by atoms with Gasteiger partial charge in [-0.15, -0.1) is 11.3 Å². The van der Waals surface area contributed by atoms with Gasteiger partial charge in [0.1, 0.15) is 5.75 Å². The zero-order chi connectivity index (χ0) is 19.7. The predicted octanol–water partition coefficient (Wildman–Crippen LogP) is 3.86. The van der Waals surface area contributed by atoms with E-state index in [1.807, 2.05) is 35.4 Å². The van der Waals surface area contributed by atoms with Gasteiger partial charge >= 0.3 is 0 Å². The van der Waals surface area contributed by atoms with Crippen LogP contribution < -0.4 is 10.1 Å². The van der Waals surface area contributed by atoms with Crippen molar-refractivity contribution in [1.29, 1.82) is 0 Å². The smallest absolute Gasteiger partial charge is 0.231 e. The normalized spacial score (nSPS) is 20.0. The minimum atomic E-state index is -0.297. The number of nitrogens with one attached hydrogen (secondary N) is 1. The molecule has 28 heavy (non-hydrogen) atoms. The lowest BCUT2D eigenvalue weighted by Gasteiger charge is -2.23. The molecule has 1 atom stereocenters. The predicted molar refractivity (Wildman–Crippen MR) is 110 cm³/mol. The number of benzene rings is 1. The van der Waals surface area contributed by atoms with Gasteiger partial charge in [-0.2, -0.15) is 0 Å². The second-order valence-corrected chi connectivity index (χ2v) is 8.47. The van der Waals surface area contributed by atoms with Crippen molar-refractivity contribution in [3.05, 3.63) is 29.1 Å². The van der Waals surface area contributed by atoms with Crippen LogP contribution in [0.2, 0.25) is 0 Å². The molecule has 1 N–H and O–H groups in total. The maximum absolute atomic E-state index is 12.7. The van der Waals surface area contributed by atoms with Crippen LogP contribution in [0, 0.1) is 12.8 Å². The fraction of sp³-hybridized carbons (Fsp3) is 0.476. The zero-order valence-corrected chi connectivity index (χ0v) is 17.1. The van der Waals surface area contributed by atoms with Gasteiger partial charge < -0.3 is 15.0 Å². The van der Waals surface area contributed by atoms with E-state index in [0.717, 1.165) is 35.4 Å². The van der Waals surface area contributed by atoms with Gasteiger partial charge in [0, 0.05) is 30.0 Å². The van der Waals surface area contributed by atoms with E-state index in [1.165, 1.54) is 24.2 Å². The Morgan fingerprint density at radius 3 is 2.86 bits per heavy atom. The number of aromatic nitrogens is 1. The molecule has 2 fully saturated rings. The van der Waals surface area contributed by atoms with E-state index in [1.54, 1.807) is 7.11 Å². The molecule has 1 aliphatic heterocycles. The number of nitrogens with zero attached hydrogens (tertiary/aromatic N) is 2. The minimum absolute atomic E-state index is 0.108. The fourth-order valence-corrected chi connectivity index (χ4v) is 4.87. The topological polar surface area (TPSA) is 71.5 Å². The van der Waals surface area contributed by atoms with Crippen LogP contribution in [0.3, 0.4) is 0 Å². The molecule has 1 aromatic heterocycles. The van der Waals surface area contributed by atoms with Gasteiger partial charge in [0.2, 0.25) is 11.8 Å². The first-order valence-corrected chi connectivity index (χ1v) is 10.6. The molecule has 0 spiro atoms. The van der Waals surface area contributed by atoms with Crippen molar-refractivity contribution in [3.8, 4) is 17.0 Å². The van der Waals surface area contributed by atoms with Crippen LogP contribution in [-0.4, -0.2) is 41.4 Å². The summed E-state index contributed by atoms with van der Waals surface area (Å²) in [6.07, 6.45) is 4.78. The maximum Gasteiger partial charge on any atom is 0.231 e. The second-order valence-electron chi connectivity index (χ2n) is 7.62. The number of rotatable bonds is 5. The standard InChI is InChI=1S/C21H25N3O3S/c1-13-7-8-18(27-2)16(9-13)17-12-28-21(22-17)23-20(26)14-10-19(25)24(11-14)15-5-3-4-6-15/h7-9,12,14-15H,3-6,10-11H2,1-2H3,(H,22,23,26). The van der Waals surface area contributed by atoms with Crippen molar-refractivity contribution in [2.75, 3.05) is 19.0 Å². The number of thiazole rings is 1. The third-order valence-corrected chi connectivity index (χ3v) is 6.42. The highest BCUT2D eigenvalue weighted by Gasteiger charge is 2.38. The number of anilines is 1. The lowest BCUT2D eigenvalue weighted by Crippen LogP contribution is -2.35. The Kier molecular flexibility index (Phi) is 5.35. The van der Waals surface area contributed by atoms with Crippen molar-refractivity contribution < 1.29 is 14.3 Å². The molecule has 1 saturated heterocycles. The Bertz CT molecular complexity index is 889. The van der Waals surface area contributed by atoms with E-state index < -0.39 is 0 Å². The lowest BCUT2D eigenvalue weighted by molar-refractivity contribution is -0.129. The molecule has 0 bridgehead atoms. The minimum Gasteiger partial charge on any atom is -0.496 e. The largest absolute Gasteiger partial charge is 0.496 e. The van der Waals surface area contributed by atoms with Crippen LogP contribution in [0.1, 0.15) is 37.7 Å². The first-order chi connectivity index (χ1) is 13.5. The number of carbonyl (C=O) groups excluding carboxylic acids is 2. The monoisotopic (exact) mass is 399 g/mol. The average molecular weight is 400 g/mol. The molecular formula is C21H25N3O3S. The van der Waals surface area contributed by atoms with Crippen LogP contribution in [0.15, 0.2) is 23.6 Å². The van der Waals surface area contributed by atoms with Crippen LogP contribution in [0.4, 0.5) is 5.13 Å². The molecule has 1 unspecified atom stereocenters. The number of carbonyl (C=O) groups is 2. The number of methoxy groups -OCH3 is 1. The van der Waals surface area contributed by atoms with Crippen molar-refractivity contribution in [1.82, 2.24) is 9.88 Å². The summed E-state index contributed by atoms with van der Waals surface area (Å²) in [6.45, 7) is 2.55. The van der Waals surface area contributed by atoms with Crippen LogP contribution in [0.25, 0.3) is 11.3 Å². The first-order valence-electron chi connectivity index (χ1n) is 9.76. The lowest BCUT2D eigenvalue weighted by atomic mass is 10.1. The van der Waals surface area contributed by atoms with E-state index in [-0.39, 0.29) is 17.7 Å². The number of hydrogen-bond acceptors (Lipinski definition) is 5. The third-order valence-electron chi connectivity index (χ3n) is 5.66. The van der Waals surface area contributed by atoms with Gasteiger partial charge in [-0.3, -0.25) is 9.59 Å². The quantitative estimate of drug-likeness (QED) is 0.829. The van der Waals surface area contributed by atoms with Crippen molar-refractivity contribution in [2.45, 2.75) is 45.1 Å². The SMILES string of the molecule is COc1ccc(C)cc1-c1csc(NC(=O)C2CC(=O)N(C3CCCC3)C2)n1. The van der Waals surface area contributed by atoms with Crippen LogP contribution in [0.5, 0.6) is 5.75 Å². The van der Waals surface area contributed by atoms with E-state index >= 15 is 0 Å². The Morgan fingerprint density at radius 1 is 1.32 bits per heavy atom. The summed E-state index contributed by atoms with van der Waals surface area (Å²) >= 11 is 1.39. The molecule has 2 heterocycles. The number of hydrogen-bond donors (Lipinski definition) is 1. The highest BCUT2D eigenvalue weighted by Crippen LogP contribution is 2.34. The molecule has 4 rings (SSSR count). The molecule has 1 aromatic carbocycles. The molecule has 0 radical (unpaired) electrons. The Labute approximate surface area is 168 Å². The van der Waals surface area contributed by atoms with Gasteiger partial charge in [0.25, 0.3) is 0 Å². The number of likely N-dealkylation sites (tertiary alicyclic amines) is 1. The highest BCUT2D eigenvalue weighted by molar-refractivity contribution is 7.14. The molecule has 2 aliphatic rings. The number of ether oxygens (including phenoxy) is 1. The van der Waals surface area contributed by atoms with Crippen molar-refractivity contribution in [2.24, 2.45) is 5.92 Å². The highest BCUT2D eigenvalue weighted by atomic mass is 32.1. The third kappa shape index (κ3) is 3.76. The summed E-state index contributed by atoms with van der Waals surface area (Å²) in [6, 6.07) is 6.26. The average Bonchev–Trinajstić information content (AvgIpc) is 3.42. The van der Waals surface area contributed by atoms with Gasteiger partial charge in [0.15, 0.2) is 5.13 Å². The fourth-order valence-electron chi connectivity index (χ4n) is 4.16. The first kappa shape index (κ1) is 18.9. The van der Waals surface area contributed by atoms with Crippen LogP contribution in [-0.2, 0) is 9.59 Å². The summed E-state index contributed by atoms with van der Waals surface area (Å²) in [5, 5.41) is 5.37. The van der Waals surface area contributed by atoms with E-state index in [9.17, 15) is 9.59 Å². The van der Waals surface area contributed by atoms with Gasteiger partial charge in [-0.05, 0) is 31.9 Å². The maximum atomic E-state index is 12.7. The summed E-state index contributed by atoms with van der Waals surface area (Å²) < 4.78 is 5.43. The summed E-state index contributed by atoms with van der Waals surface area (Å²) in [7, 11) is 1.64. The van der Waals surface area contributed by atoms with Gasteiger partial charge in [0.05, 0.1) is 18.7 Å². The van der Waals surface area contributed by atoms with E-state index in [2.05, 4.69) is 10.3 Å². The Hall–Kier alpha value is -2.41. The Balaban J connectivity index is 1.44. The number of amides is 2. The summed E-state index contributed by atoms with van der Waals surface area (Å²) in [5.41, 5.74) is 2.80. The molecule has 6 nitrogen and oxygen atoms in total. The second kappa shape index (κ2) is 7.91. The molecule has 148 valence electrons. The molecule has 1 aliphatic carbocycles. The molecule has 2 aromatic rings. The molecule has 1 saturated carbocycles. The van der Waals surface area contributed by atoms with Gasteiger partial charge in [-0.25, -0.2) is 4.98 Å². The summed E-state index contributed by atoms with van der Waals surface area (Å²) in [4.78, 5) is 31.5. The zero-order valence-electron chi connectivity index (χ0n) is 16.2. The molecular weight excluding hydrogens is 374 g/mol. The van der Waals surface area contributed by atoms with Crippen molar-refractivity contribution in [3.63, 3.8) is 0 Å². The summed E-state index contributed by atoms with van der Waals surface area (Å²) in [5.74, 6) is 0.443. The van der Waals surface area contributed by atoms with Crippen molar-refractivity contribution >= 4 is 28.3 Å².